The lowest BCUT2D eigenvalue weighted by Crippen LogP contribution is -2.38. The highest BCUT2D eigenvalue weighted by Crippen LogP contribution is 2.23. The van der Waals surface area contributed by atoms with Crippen molar-refractivity contribution in [3.05, 3.63) is 24.3 Å². The summed E-state index contributed by atoms with van der Waals surface area (Å²) >= 11 is 0. The number of rotatable bonds is 4. The van der Waals surface area contributed by atoms with E-state index < -0.39 is 0 Å². The molecule has 0 radical (unpaired) electrons. The molecule has 1 fully saturated rings. The van der Waals surface area contributed by atoms with Gasteiger partial charge in [-0.15, -0.1) is 0 Å². The summed E-state index contributed by atoms with van der Waals surface area (Å²) in [6, 6.07) is 8.62. The second kappa shape index (κ2) is 6.61. The van der Waals surface area contributed by atoms with Gasteiger partial charge in [-0.3, -0.25) is 0 Å². The molecule has 19 heavy (non-hydrogen) atoms. The molecule has 1 saturated heterocycles. The smallest absolute Gasteiger partial charge is 0.319 e. The molecule has 1 aromatic rings. The molecule has 0 aromatic heterocycles. The van der Waals surface area contributed by atoms with Crippen LogP contribution in [0.5, 0.6) is 5.75 Å². The Bertz CT molecular complexity index is 478. The van der Waals surface area contributed by atoms with Crippen LogP contribution >= 0.6 is 0 Å². The summed E-state index contributed by atoms with van der Waals surface area (Å²) in [6.45, 7) is 1.16. The Morgan fingerprint density at radius 1 is 1.53 bits per heavy atom. The summed E-state index contributed by atoms with van der Waals surface area (Å²) in [5.74, 6) is 0.474. The fourth-order valence-electron chi connectivity index (χ4n) is 1.80. The summed E-state index contributed by atoms with van der Waals surface area (Å²) in [4.78, 5) is 11.8. The van der Waals surface area contributed by atoms with Gasteiger partial charge < -0.3 is 20.1 Å². The first kappa shape index (κ1) is 13.2. The van der Waals surface area contributed by atoms with Crippen LogP contribution in [0.25, 0.3) is 0 Å². The molecule has 6 nitrogen and oxygen atoms in total. The quantitative estimate of drug-likeness (QED) is 0.860. The number of nitrogens with zero attached hydrogens (tertiary/aromatic N) is 1. The third-order valence-electron chi connectivity index (χ3n) is 2.69. The van der Waals surface area contributed by atoms with Gasteiger partial charge in [0.15, 0.2) is 6.61 Å². The van der Waals surface area contributed by atoms with E-state index in [4.69, 9.17) is 14.7 Å². The first-order valence-corrected chi connectivity index (χ1v) is 6.03. The lowest BCUT2D eigenvalue weighted by molar-refractivity contribution is 0.189. The fraction of sp³-hybridized carbons (Fsp3) is 0.385. The number of carbonyl (C=O) groups is 1. The Morgan fingerprint density at radius 2 is 2.37 bits per heavy atom. The summed E-state index contributed by atoms with van der Waals surface area (Å²) in [7, 11) is 0. The Balaban J connectivity index is 1.93. The van der Waals surface area contributed by atoms with Crippen LogP contribution in [0.3, 0.4) is 0 Å². The van der Waals surface area contributed by atoms with Crippen LogP contribution in [-0.2, 0) is 4.74 Å². The molecule has 6 heteroatoms. The molecular formula is C13H15N3O3. The molecule has 1 aliphatic heterocycles. The molecule has 0 spiro atoms. The van der Waals surface area contributed by atoms with Gasteiger partial charge in [0.25, 0.3) is 0 Å². The van der Waals surface area contributed by atoms with Gasteiger partial charge in [0.05, 0.1) is 18.3 Å². The molecule has 1 aliphatic rings. The number of urea groups is 1. The van der Waals surface area contributed by atoms with Crippen molar-refractivity contribution in [1.82, 2.24) is 5.32 Å². The maximum absolute atomic E-state index is 11.8. The monoisotopic (exact) mass is 261 g/mol. The number of nitriles is 1. The minimum atomic E-state index is -0.302. The zero-order chi connectivity index (χ0) is 13.5. The highest BCUT2D eigenvalue weighted by molar-refractivity contribution is 5.91. The third kappa shape index (κ3) is 3.86. The summed E-state index contributed by atoms with van der Waals surface area (Å²) in [5.41, 5.74) is 0.536. The number of benzene rings is 1. The molecule has 2 rings (SSSR count). The fourth-order valence-corrected chi connectivity index (χ4v) is 1.80. The molecule has 0 aliphatic carbocycles. The molecule has 0 bridgehead atoms. The molecule has 2 N–H and O–H groups in total. The van der Waals surface area contributed by atoms with Gasteiger partial charge in [0.1, 0.15) is 11.8 Å². The van der Waals surface area contributed by atoms with Crippen LogP contribution in [0.4, 0.5) is 10.5 Å². The van der Waals surface area contributed by atoms with Gasteiger partial charge in [-0.2, -0.15) is 5.26 Å². The van der Waals surface area contributed by atoms with E-state index in [0.717, 1.165) is 6.42 Å². The van der Waals surface area contributed by atoms with Crippen molar-refractivity contribution in [2.75, 3.05) is 25.1 Å². The van der Waals surface area contributed by atoms with Crippen LogP contribution in [0.15, 0.2) is 24.3 Å². The molecule has 1 atom stereocenters. The number of anilines is 1. The normalized spacial score (nSPS) is 17.5. The van der Waals surface area contributed by atoms with Crippen molar-refractivity contribution in [3.63, 3.8) is 0 Å². The van der Waals surface area contributed by atoms with E-state index >= 15 is 0 Å². The van der Waals surface area contributed by atoms with E-state index in [0.29, 0.717) is 24.7 Å². The van der Waals surface area contributed by atoms with Gasteiger partial charge >= 0.3 is 6.03 Å². The van der Waals surface area contributed by atoms with Gasteiger partial charge in [-0.05, 0) is 18.6 Å². The van der Waals surface area contributed by atoms with Gasteiger partial charge in [0, 0.05) is 6.61 Å². The van der Waals surface area contributed by atoms with Crippen molar-refractivity contribution in [2.45, 2.75) is 12.5 Å². The Kier molecular flexibility index (Phi) is 4.59. The van der Waals surface area contributed by atoms with Crippen molar-refractivity contribution in [3.8, 4) is 11.8 Å². The van der Waals surface area contributed by atoms with E-state index in [1.165, 1.54) is 0 Å². The van der Waals surface area contributed by atoms with E-state index in [1.807, 2.05) is 6.07 Å². The summed E-state index contributed by atoms with van der Waals surface area (Å²) in [5, 5.41) is 14.0. The number of amides is 2. The molecule has 1 aromatic carbocycles. The molecule has 1 unspecified atom stereocenters. The predicted molar refractivity (Wildman–Crippen MR) is 68.9 cm³/mol. The van der Waals surface area contributed by atoms with Crippen molar-refractivity contribution >= 4 is 11.7 Å². The average Bonchev–Trinajstić information content (AvgIpc) is 2.90. The zero-order valence-electron chi connectivity index (χ0n) is 10.4. The maximum Gasteiger partial charge on any atom is 0.319 e. The SMILES string of the molecule is N#CCOc1ccccc1NC(=O)NC1CCOC1. The van der Waals surface area contributed by atoms with Crippen LogP contribution in [-0.4, -0.2) is 31.9 Å². The van der Waals surface area contributed by atoms with E-state index in [9.17, 15) is 4.79 Å². The first-order chi connectivity index (χ1) is 9.29. The lowest BCUT2D eigenvalue weighted by atomic mass is 10.2. The number of hydrogen-bond acceptors (Lipinski definition) is 4. The minimum absolute atomic E-state index is 0.0483. The molecule has 2 amide bonds. The topological polar surface area (TPSA) is 83.4 Å². The summed E-state index contributed by atoms with van der Waals surface area (Å²) in [6.07, 6.45) is 0.819. The lowest BCUT2D eigenvalue weighted by Gasteiger charge is -2.14. The molecule has 0 saturated carbocycles. The second-order valence-corrected chi connectivity index (χ2v) is 4.10. The van der Waals surface area contributed by atoms with Gasteiger partial charge in [-0.1, -0.05) is 12.1 Å². The Labute approximate surface area is 111 Å². The van der Waals surface area contributed by atoms with E-state index in [2.05, 4.69) is 10.6 Å². The Morgan fingerprint density at radius 3 is 3.11 bits per heavy atom. The maximum atomic E-state index is 11.8. The number of nitrogens with one attached hydrogen (secondary N) is 2. The van der Waals surface area contributed by atoms with Crippen LogP contribution < -0.4 is 15.4 Å². The van der Waals surface area contributed by atoms with E-state index in [1.54, 1.807) is 24.3 Å². The largest absolute Gasteiger partial charge is 0.477 e. The average molecular weight is 261 g/mol. The minimum Gasteiger partial charge on any atom is -0.477 e. The van der Waals surface area contributed by atoms with Crippen LogP contribution in [0.1, 0.15) is 6.42 Å². The Hall–Kier alpha value is -2.26. The van der Waals surface area contributed by atoms with Crippen LogP contribution in [0.2, 0.25) is 0 Å². The van der Waals surface area contributed by atoms with Gasteiger partial charge in [-0.25, -0.2) is 4.79 Å². The number of ether oxygens (including phenoxy) is 2. The molecule has 100 valence electrons. The first-order valence-electron chi connectivity index (χ1n) is 6.03. The number of carbonyl (C=O) groups excluding carboxylic acids is 1. The van der Waals surface area contributed by atoms with Crippen LogP contribution in [0, 0.1) is 11.3 Å². The van der Waals surface area contributed by atoms with Crippen molar-refractivity contribution in [2.24, 2.45) is 0 Å². The zero-order valence-corrected chi connectivity index (χ0v) is 10.4. The third-order valence-corrected chi connectivity index (χ3v) is 2.69. The highest BCUT2D eigenvalue weighted by Gasteiger charge is 2.18. The molecule has 1 heterocycles. The van der Waals surface area contributed by atoms with Gasteiger partial charge in [0.2, 0.25) is 0 Å². The highest BCUT2D eigenvalue weighted by atomic mass is 16.5. The van der Waals surface area contributed by atoms with Crippen molar-refractivity contribution < 1.29 is 14.3 Å². The number of para-hydroxylation sites is 2. The second-order valence-electron chi connectivity index (χ2n) is 4.10. The standard InChI is InChI=1S/C13H15N3O3/c14-6-8-19-12-4-2-1-3-11(12)16-13(17)15-10-5-7-18-9-10/h1-4,10H,5,7-9H2,(H2,15,16,17). The van der Waals surface area contributed by atoms with E-state index in [-0.39, 0.29) is 18.7 Å². The predicted octanol–water partition coefficient (Wildman–Crippen LogP) is 1.50. The summed E-state index contributed by atoms with van der Waals surface area (Å²) < 4.78 is 10.4. The van der Waals surface area contributed by atoms with Crippen molar-refractivity contribution in [1.29, 1.82) is 5.26 Å². The molecular weight excluding hydrogens is 246 g/mol. The number of hydrogen-bond donors (Lipinski definition) is 2.